The first-order valence-electron chi connectivity index (χ1n) is 13.4. The van der Waals surface area contributed by atoms with Gasteiger partial charge in [-0.2, -0.15) is 0 Å². The number of aromatic nitrogens is 3. The van der Waals surface area contributed by atoms with Gasteiger partial charge in [0, 0.05) is 25.3 Å². The van der Waals surface area contributed by atoms with Crippen LogP contribution < -0.4 is 14.8 Å². The SMILES string of the molecule is CC(C)[C@@H](Nc1ncnc2[nH]c(-c3cccc(CN4CCS(=O)(=O)CC4)c3)cc12)c1ccc2c(c1)OCCO2. The molecule has 0 amide bonds. The van der Waals surface area contributed by atoms with Crippen molar-refractivity contribution in [1.29, 1.82) is 0 Å². The molecule has 6 rings (SSSR count). The van der Waals surface area contributed by atoms with Crippen LogP contribution in [-0.2, 0) is 16.4 Å². The van der Waals surface area contributed by atoms with E-state index in [0.717, 1.165) is 57.3 Å². The molecular weight excluding hydrogens is 514 g/mol. The maximum atomic E-state index is 11.8. The van der Waals surface area contributed by atoms with Crippen LogP contribution in [0.5, 0.6) is 11.5 Å². The highest BCUT2D eigenvalue weighted by Crippen LogP contribution is 2.37. The average Bonchev–Trinajstić information content (AvgIpc) is 3.38. The molecule has 2 aromatic heterocycles. The van der Waals surface area contributed by atoms with Crippen LogP contribution in [0.15, 0.2) is 54.9 Å². The lowest BCUT2D eigenvalue weighted by Gasteiger charge is -2.26. The van der Waals surface area contributed by atoms with Gasteiger partial charge in [0.05, 0.1) is 22.9 Å². The fourth-order valence-corrected chi connectivity index (χ4v) is 6.53. The number of fused-ring (bicyclic) bond motifs is 2. The first kappa shape index (κ1) is 25.6. The van der Waals surface area contributed by atoms with E-state index in [4.69, 9.17) is 9.47 Å². The zero-order chi connectivity index (χ0) is 27.0. The van der Waals surface area contributed by atoms with Crippen molar-refractivity contribution < 1.29 is 17.9 Å². The summed E-state index contributed by atoms with van der Waals surface area (Å²) in [6.07, 6.45) is 1.58. The van der Waals surface area contributed by atoms with E-state index in [9.17, 15) is 8.42 Å². The van der Waals surface area contributed by atoms with Crippen molar-refractivity contribution in [3.8, 4) is 22.8 Å². The molecule has 2 aliphatic heterocycles. The third-order valence-corrected chi connectivity index (χ3v) is 9.00. The largest absolute Gasteiger partial charge is 0.486 e. The minimum atomic E-state index is -2.89. The second-order valence-electron chi connectivity index (χ2n) is 10.6. The van der Waals surface area contributed by atoms with E-state index in [0.29, 0.717) is 26.3 Å². The van der Waals surface area contributed by atoms with Crippen molar-refractivity contribution >= 4 is 26.7 Å². The van der Waals surface area contributed by atoms with Gasteiger partial charge in [-0.25, -0.2) is 18.4 Å². The van der Waals surface area contributed by atoms with E-state index >= 15 is 0 Å². The Labute approximate surface area is 228 Å². The lowest BCUT2D eigenvalue weighted by molar-refractivity contribution is 0.171. The number of anilines is 1. The summed E-state index contributed by atoms with van der Waals surface area (Å²) in [4.78, 5) is 14.7. The molecule has 1 fully saturated rings. The molecule has 9 nitrogen and oxygen atoms in total. The molecule has 10 heteroatoms. The van der Waals surface area contributed by atoms with Crippen molar-refractivity contribution in [2.45, 2.75) is 26.4 Å². The van der Waals surface area contributed by atoms with Crippen molar-refractivity contribution in [3.05, 3.63) is 66.0 Å². The molecule has 0 spiro atoms. The van der Waals surface area contributed by atoms with Crippen molar-refractivity contribution in [3.63, 3.8) is 0 Å². The van der Waals surface area contributed by atoms with Crippen LogP contribution in [0.4, 0.5) is 5.82 Å². The van der Waals surface area contributed by atoms with Crippen molar-refractivity contribution in [2.75, 3.05) is 43.1 Å². The van der Waals surface area contributed by atoms with Gasteiger partial charge in [0.15, 0.2) is 21.3 Å². The quantitative estimate of drug-likeness (QED) is 0.350. The van der Waals surface area contributed by atoms with Gasteiger partial charge in [-0.05, 0) is 46.9 Å². The summed E-state index contributed by atoms with van der Waals surface area (Å²) >= 11 is 0. The second kappa shape index (κ2) is 10.5. The minimum Gasteiger partial charge on any atom is -0.486 e. The predicted molar refractivity (Wildman–Crippen MR) is 152 cm³/mol. The Morgan fingerprint density at radius 1 is 1.00 bits per heavy atom. The number of sulfone groups is 1. The van der Waals surface area contributed by atoms with E-state index in [-0.39, 0.29) is 23.5 Å². The summed E-state index contributed by atoms with van der Waals surface area (Å²) in [5.41, 5.74) is 5.02. The Bertz CT molecular complexity index is 1590. The zero-order valence-electron chi connectivity index (χ0n) is 22.2. The number of nitrogens with one attached hydrogen (secondary N) is 2. The lowest BCUT2D eigenvalue weighted by atomic mass is 9.95. The van der Waals surface area contributed by atoms with Crippen LogP contribution in [0, 0.1) is 5.92 Å². The number of H-pyrrole nitrogens is 1. The average molecular weight is 548 g/mol. The van der Waals surface area contributed by atoms with Crippen LogP contribution in [0.1, 0.15) is 31.0 Å². The summed E-state index contributed by atoms with van der Waals surface area (Å²) in [5.74, 6) is 3.06. The lowest BCUT2D eigenvalue weighted by Crippen LogP contribution is -2.39. The first-order valence-corrected chi connectivity index (χ1v) is 15.2. The number of ether oxygens (including phenoxy) is 2. The molecule has 1 atom stereocenters. The first-order chi connectivity index (χ1) is 18.8. The molecule has 1 saturated heterocycles. The van der Waals surface area contributed by atoms with Crippen LogP contribution in [-0.4, -0.2) is 66.1 Å². The van der Waals surface area contributed by atoms with Crippen molar-refractivity contribution in [2.24, 2.45) is 5.92 Å². The van der Waals surface area contributed by atoms with E-state index in [1.807, 2.05) is 12.1 Å². The number of benzene rings is 2. The Hall–Kier alpha value is -3.63. The summed E-state index contributed by atoms with van der Waals surface area (Å²) in [6, 6.07) is 16.6. The number of hydrogen-bond acceptors (Lipinski definition) is 8. The second-order valence-corrected chi connectivity index (χ2v) is 12.9. The highest BCUT2D eigenvalue weighted by Gasteiger charge is 2.23. The van der Waals surface area contributed by atoms with E-state index in [1.165, 1.54) is 0 Å². The van der Waals surface area contributed by atoms with E-state index in [1.54, 1.807) is 6.33 Å². The fourth-order valence-electron chi connectivity index (χ4n) is 5.25. The molecule has 4 aromatic rings. The molecular formula is C29H33N5O4S. The molecule has 0 radical (unpaired) electrons. The minimum absolute atomic E-state index is 0.00830. The summed E-state index contributed by atoms with van der Waals surface area (Å²) in [6.45, 7) is 7.35. The van der Waals surface area contributed by atoms with Gasteiger partial charge in [-0.3, -0.25) is 4.90 Å². The molecule has 0 saturated carbocycles. The Balaban J connectivity index is 1.25. The van der Waals surface area contributed by atoms with Gasteiger partial charge in [-0.1, -0.05) is 38.1 Å². The summed E-state index contributed by atoms with van der Waals surface area (Å²) < 4.78 is 35.1. The molecule has 2 aromatic carbocycles. The maximum Gasteiger partial charge on any atom is 0.161 e. The van der Waals surface area contributed by atoms with Crippen LogP contribution in [0.2, 0.25) is 0 Å². The number of aromatic amines is 1. The van der Waals surface area contributed by atoms with Crippen LogP contribution in [0.25, 0.3) is 22.3 Å². The van der Waals surface area contributed by atoms with Crippen molar-refractivity contribution in [1.82, 2.24) is 19.9 Å². The number of nitrogens with zero attached hydrogens (tertiary/aromatic N) is 3. The van der Waals surface area contributed by atoms with E-state index in [2.05, 4.69) is 75.4 Å². The topological polar surface area (TPSA) is 109 Å². The predicted octanol–water partition coefficient (Wildman–Crippen LogP) is 4.44. The molecule has 4 heterocycles. The molecule has 2 aliphatic rings. The number of rotatable bonds is 7. The number of hydrogen-bond donors (Lipinski definition) is 2. The fraction of sp³-hybridized carbons (Fsp3) is 0.379. The van der Waals surface area contributed by atoms with E-state index < -0.39 is 9.84 Å². The third-order valence-electron chi connectivity index (χ3n) is 7.39. The standard InChI is InChI=1S/C29H33N5O4S/c1-19(2)27(22-6-7-25-26(15-22)38-11-10-37-25)33-29-23-16-24(32-28(23)30-18-31-29)21-5-3-4-20(14-21)17-34-8-12-39(35,36)13-9-34/h3-7,14-16,18-19,27H,8-13,17H2,1-2H3,(H2,30,31,32,33)/t27-/m1/s1. The molecule has 0 bridgehead atoms. The van der Waals surface area contributed by atoms with Gasteiger partial charge < -0.3 is 19.8 Å². The Morgan fingerprint density at radius 3 is 2.59 bits per heavy atom. The zero-order valence-corrected chi connectivity index (χ0v) is 23.0. The van der Waals surface area contributed by atoms with Gasteiger partial charge >= 0.3 is 0 Å². The smallest absolute Gasteiger partial charge is 0.161 e. The molecule has 0 unspecified atom stereocenters. The summed E-state index contributed by atoms with van der Waals surface area (Å²) in [5, 5.41) is 4.58. The Kier molecular flexibility index (Phi) is 6.90. The van der Waals surface area contributed by atoms with Crippen LogP contribution >= 0.6 is 0 Å². The maximum absolute atomic E-state index is 11.8. The van der Waals surface area contributed by atoms with Gasteiger partial charge in [0.2, 0.25) is 0 Å². The highest BCUT2D eigenvalue weighted by molar-refractivity contribution is 7.91. The highest BCUT2D eigenvalue weighted by atomic mass is 32.2. The molecule has 0 aliphatic carbocycles. The third kappa shape index (κ3) is 5.58. The van der Waals surface area contributed by atoms with Crippen LogP contribution in [0.3, 0.4) is 0 Å². The monoisotopic (exact) mass is 547 g/mol. The Morgan fingerprint density at radius 2 is 1.79 bits per heavy atom. The molecule has 204 valence electrons. The van der Waals surface area contributed by atoms with Gasteiger partial charge in [-0.15, -0.1) is 0 Å². The molecule has 39 heavy (non-hydrogen) atoms. The normalized spacial score (nSPS) is 17.8. The van der Waals surface area contributed by atoms with Gasteiger partial charge in [0.1, 0.15) is 31.0 Å². The van der Waals surface area contributed by atoms with Gasteiger partial charge in [0.25, 0.3) is 0 Å². The molecule has 2 N–H and O–H groups in total. The summed E-state index contributed by atoms with van der Waals surface area (Å²) in [7, 11) is -2.89.